The van der Waals surface area contributed by atoms with Gasteiger partial charge in [-0.05, 0) is 62.3 Å². The first-order valence-corrected chi connectivity index (χ1v) is 14.0. The maximum absolute atomic E-state index is 12.2. The highest BCUT2D eigenvalue weighted by Crippen LogP contribution is 2.52. The Balaban J connectivity index is 1.56. The lowest BCUT2D eigenvalue weighted by molar-refractivity contribution is 0.0995. The molecule has 0 bridgehead atoms. The molecule has 5 rings (SSSR count). The Labute approximate surface area is 227 Å². The van der Waals surface area contributed by atoms with Crippen molar-refractivity contribution in [3.63, 3.8) is 0 Å². The molecule has 0 saturated carbocycles. The highest BCUT2D eigenvalue weighted by molar-refractivity contribution is 7.16. The minimum Gasteiger partial charge on any atom is -0.365 e. The number of tetrazole rings is 1. The van der Waals surface area contributed by atoms with Crippen LogP contribution >= 0.6 is 22.7 Å². The van der Waals surface area contributed by atoms with Crippen molar-refractivity contribution in [2.45, 2.75) is 56.5 Å². The van der Waals surface area contributed by atoms with E-state index in [1.165, 1.54) is 22.7 Å². The van der Waals surface area contributed by atoms with Gasteiger partial charge in [0.15, 0.2) is 5.82 Å². The lowest BCUT2D eigenvalue weighted by Gasteiger charge is -2.33. The van der Waals surface area contributed by atoms with Crippen LogP contribution in [0, 0.1) is 11.3 Å². The summed E-state index contributed by atoms with van der Waals surface area (Å²) in [5, 5.41) is 28.4. The minimum atomic E-state index is -0.887. The van der Waals surface area contributed by atoms with Crippen LogP contribution in [0.5, 0.6) is 0 Å². The number of thiophene rings is 2. The van der Waals surface area contributed by atoms with Gasteiger partial charge in [-0.1, -0.05) is 11.8 Å². The van der Waals surface area contributed by atoms with E-state index >= 15 is 0 Å². The van der Waals surface area contributed by atoms with Crippen LogP contribution in [0.3, 0.4) is 0 Å². The average molecular weight is 552 g/mol. The number of amides is 2. The van der Waals surface area contributed by atoms with Gasteiger partial charge in [0.05, 0.1) is 15.8 Å². The van der Waals surface area contributed by atoms with Gasteiger partial charge in [-0.2, -0.15) is 10.5 Å². The molecule has 1 unspecified atom stereocenters. The number of nitrogens with two attached hydrogens (primary N) is 2. The molecule has 4 heterocycles. The van der Waals surface area contributed by atoms with E-state index in [4.69, 9.17) is 11.5 Å². The summed E-state index contributed by atoms with van der Waals surface area (Å²) in [7, 11) is 0. The maximum atomic E-state index is 12.2. The maximum Gasteiger partial charge on any atom is 0.258 e. The van der Waals surface area contributed by atoms with E-state index in [1.54, 1.807) is 0 Å². The van der Waals surface area contributed by atoms with Gasteiger partial charge in [0, 0.05) is 34.6 Å². The van der Waals surface area contributed by atoms with Crippen LogP contribution in [-0.4, -0.2) is 62.5 Å². The second-order valence-electron chi connectivity index (χ2n) is 9.83. The number of H-pyrrole nitrogens is 1. The van der Waals surface area contributed by atoms with Crippen molar-refractivity contribution in [3.05, 3.63) is 60.9 Å². The minimum absolute atomic E-state index is 0.0783. The lowest BCUT2D eigenvalue weighted by atomic mass is 9.76. The van der Waals surface area contributed by atoms with E-state index in [2.05, 4.69) is 50.4 Å². The fraction of sp³-hybridized carbons (Fsp3) is 0.440. The molecule has 1 aliphatic heterocycles. The van der Waals surface area contributed by atoms with Crippen LogP contribution in [0.15, 0.2) is 24.4 Å². The smallest absolute Gasteiger partial charge is 0.258 e. The molecule has 1 aliphatic carbocycles. The molecule has 2 aliphatic rings. The number of rotatable bonds is 9. The topological polar surface area (TPSA) is 180 Å². The van der Waals surface area contributed by atoms with Gasteiger partial charge in [0.2, 0.25) is 0 Å². The quantitative estimate of drug-likeness (QED) is 0.311. The standard InChI is InChI=1S/C25H29N9O2S2/c1-13(29-12-14(2)34-7-3-4-17(34)11-26)10-25(24-30-32-33-31-24)20-15(8-18(37-20)22(27)35)5-6-16-9-19(23(28)36)38-21(16)25/h8-9,13,17,29H,2-7,10,12H2,1H3,(H2,27,35)(H2,28,36)(H,30,31,32,33)/t13-,17?/m0/s1. The zero-order chi connectivity index (χ0) is 27.0. The van der Waals surface area contributed by atoms with E-state index in [9.17, 15) is 14.9 Å². The van der Waals surface area contributed by atoms with Crippen molar-refractivity contribution in [1.29, 1.82) is 5.26 Å². The van der Waals surface area contributed by atoms with Crippen LogP contribution in [0.25, 0.3) is 0 Å². The molecule has 38 heavy (non-hydrogen) atoms. The molecule has 2 amide bonds. The van der Waals surface area contributed by atoms with E-state index in [0.717, 1.165) is 46.0 Å². The summed E-state index contributed by atoms with van der Waals surface area (Å²) in [5.74, 6) is -0.530. The molecule has 13 heteroatoms. The van der Waals surface area contributed by atoms with E-state index < -0.39 is 17.2 Å². The number of aromatic nitrogens is 4. The number of hydrogen-bond acceptors (Lipinski definition) is 10. The molecule has 0 spiro atoms. The van der Waals surface area contributed by atoms with E-state index in [-0.39, 0.29) is 12.1 Å². The molecule has 198 valence electrons. The Bertz CT molecular complexity index is 1360. The molecular formula is C25H29N9O2S2. The highest BCUT2D eigenvalue weighted by atomic mass is 32.1. The van der Waals surface area contributed by atoms with Crippen molar-refractivity contribution in [2.75, 3.05) is 13.1 Å². The molecule has 11 nitrogen and oxygen atoms in total. The molecular weight excluding hydrogens is 522 g/mol. The Morgan fingerprint density at radius 1 is 1.26 bits per heavy atom. The number of likely N-dealkylation sites (tertiary alicyclic amines) is 1. The highest BCUT2D eigenvalue weighted by Gasteiger charge is 2.48. The van der Waals surface area contributed by atoms with Gasteiger partial charge in [-0.3, -0.25) is 9.59 Å². The van der Waals surface area contributed by atoms with Crippen LogP contribution < -0.4 is 16.8 Å². The van der Waals surface area contributed by atoms with Gasteiger partial charge in [-0.15, -0.1) is 32.9 Å². The summed E-state index contributed by atoms with van der Waals surface area (Å²) < 4.78 is 0. The van der Waals surface area contributed by atoms with Crippen molar-refractivity contribution in [1.82, 2.24) is 30.8 Å². The number of carbonyl (C=O) groups excluding carboxylic acids is 2. The first-order chi connectivity index (χ1) is 18.2. The van der Waals surface area contributed by atoms with Crippen molar-refractivity contribution < 1.29 is 9.59 Å². The Hall–Kier alpha value is -3.60. The van der Waals surface area contributed by atoms with E-state index in [1.807, 2.05) is 12.1 Å². The zero-order valence-electron chi connectivity index (χ0n) is 21.0. The van der Waals surface area contributed by atoms with Crippen molar-refractivity contribution >= 4 is 34.5 Å². The SMILES string of the molecule is C=C(CN[C@@H](C)CC1(c2nn[nH]n2)c2sc(C(N)=O)cc2CCc2cc(C(N)=O)sc21)N1CCCC1C#N. The number of fused-ring (bicyclic) bond motifs is 2. The monoisotopic (exact) mass is 551 g/mol. The predicted octanol–water partition coefficient (Wildman–Crippen LogP) is 1.82. The number of hydrogen-bond donors (Lipinski definition) is 4. The summed E-state index contributed by atoms with van der Waals surface area (Å²) >= 11 is 2.68. The number of nitriles is 1. The third-order valence-electron chi connectivity index (χ3n) is 7.34. The Morgan fingerprint density at radius 3 is 2.42 bits per heavy atom. The number of aromatic amines is 1. The summed E-state index contributed by atoms with van der Waals surface area (Å²) in [5.41, 5.74) is 13.4. The number of nitrogens with zero attached hydrogens (tertiary/aromatic N) is 5. The Kier molecular flexibility index (Phi) is 7.04. The van der Waals surface area contributed by atoms with Gasteiger partial charge in [0.25, 0.3) is 11.8 Å². The second kappa shape index (κ2) is 10.3. The lowest BCUT2D eigenvalue weighted by Crippen LogP contribution is -2.41. The average Bonchev–Trinajstić information content (AvgIpc) is 3.70. The number of nitrogens with one attached hydrogen (secondary N) is 2. The normalized spacial score (nSPS) is 18.7. The predicted molar refractivity (Wildman–Crippen MR) is 144 cm³/mol. The van der Waals surface area contributed by atoms with Gasteiger partial charge in [0.1, 0.15) is 11.5 Å². The van der Waals surface area contributed by atoms with E-state index in [0.29, 0.717) is 41.4 Å². The Morgan fingerprint density at radius 2 is 1.89 bits per heavy atom. The van der Waals surface area contributed by atoms with Gasteiger partial charge in [-0.25, -0.2) is 0 Å². The third kappa shape index (κ3) is 4.48. The zero-order valence-corrected chi connectivity index (χ0v) is 22.6. The summed E-state index contributed by atoms with van der Waals surface area (Å²) in [4.78, 5) is 29.2. The largest absolute Gasteiger partial charge is 0.365 e. The molecule has 0 aromatic carbocycles. The number of carbonyl (C=O) groups is 2. The third-order valence-corrected chi connectivity index (χ3v) is 10.1. The number of primary amides is 2. The summed E-state index contributed by atoms with van der Waals surface area (Å²) in [6.45, 7) is 7.62. The van der Waals surface area contributed by atoms with Crippen LogP contribution in [0.2, 0.25) is 0 Å². The fourth-order valence-corrected chi connectivity index (χ4v) is 8.19. The first-order valence-electron chi connectivity index (χ1n) is 12.4. The molecule has 0 radical (unpaired) electrons. The molecule has 1 fully saturated rings. The first kappa shape index (κ1) is 26.0. The van der Waals surface area contributed by atoms with Crippen LogP contribution in [-0.2, 0) is 18.3 Å². The van der Waals surface area contributed by atoms with Crippen molar-refractivity contribution in [3.8, 4) is 6.07 Å². The van der Waals surface area contributed by atoms with Crippen LogP contribution in [0.1, 0.15) is 72.2 Å². The van der Waals surface area contributed by atoms with Crippen molar-refractivity contribution in [2.24, 2.45) is 11.5 Å². The van der Waals surface area contributed by atoms with Gasteiger partial charge < -0.3 is 21.7 Å². The summed E-state index contributed by atoms with van der Waals surface area (Å²) in [6, 6.07) is 5.86. The molecule has 3 aromatic rings. The molecule has 2 atom stereocenters. The molecule has 6 N–H and O–H groups in total. The fourth-order valence-electron chi connectivity index (χ4n) is 5.59. The van der Waals surface area contributed by atoms with Crippen LogP contribution in [0.4, 0.5) is 0 Å². The second-order valence-corrected chi connectivity index (χ2v) is 11.9. The molecule has 3 aromatic heterocycles. The molecule has 1 saturated heterocycles. The summed E-state index contributed by atoms with van der Waals surface area (Å²) in [6.07, 6.45) is 3.67. The number of aryl methyl sites for hydroxylation is 2. The van der Waals surface area contributed by atoms with Gasteiger partial charge >= 0.3 is 0 Å².